The fourth-order valence-corrected chi connectivity index (χ4v) is 3.04. The lowest BCUT2D eigenvalue weighted by Crippen LogP contribution is -2.50. The van der Waals surface area contributed by atoms with Crippen molar-refractivity contribution in [1.29, 1.82) is 0 Å². The van der Waals surface area contributed by atoms with Crippen LogP contribution in [0.2, 0.25) is 0 Å². The molecule has 0 spiro atoms. The molecule has 3 unspecified atom stereocenters. The van der Waals surface area contributed by atoms with Crippen LogP contribution in [0.3, 0.4) is 0 Å². The van der Waals surface area contributed by atoms with Crippen molar-refractivity contribution >= 4 is 11.0 Å². The minimum atomic E-state index is -0.100. The van der Waals surface area contributed by atoms with Crippen molar-refractivity contribution in [1.82, 2.24) is 4.90 Å². The third-order valence-electron chi connectivity index (χ3n) is 4.29. The van der Waals surface area contributed by atoms with Gasteiger partial charge in [-0.15, -0.1) is 0 Å². The second-order valence-corrected chi connectivity index (χ2v) is 5.95. The predicted octanol–water partition coefficient (Wildman–Crippen LogP) is 2.93. The molecule has 3 atom stereocenters. The molecule has 2 N–H and O–H groups in total. The lowest BCUT2D eigenvalue weighted by atomic mass is 10.1. The average Bonchev–Trinajstić information content (AvgIpc) is 2.91. The van der Waals surface area contributed by atoms with E-state index in [-0.39, 0.29) is 12.1 Å². The van der Waals surface area contributed by atoms with Gasteiger partial charge in [-0.05, 0) is 25.5 Å². The highest BCUT2D eigenvalue weighted by Gasteiger charge is 2.27. The van der Waals surface area contributed by atoms with Crippen LogP contribution in [0.1, 0.15) is 32.1 Å². The summed E-state index contributed by atoms with van der Waals surface area (Å²) in [5.41, 5.74) is 7.28. The monoisotopic (exact) mass is 288 g/mol. The number of hydrogen-bond acceptors (Lipinski definition) is 4. The molecular formula is C17H24N2O2. The Morgan fingerprint density at radius 1 is 1.38 bits per heavy atom. The molecule has 4 heteroatoms. The van der Waals surface area contributed by atoms with E-state index >= 15 is 0 Å². The number of furan rings is 1. The third-order valence-corrected chi connectivity index (χ3v) is 4.29. The zero-order chi connectivity index (χ0) is 14.8. The molecule has 1 aromatic heterocycles. The summed E-state index contributed by atoms with van der Waals surface area (Å²) in [5, 5.41) is 1.12. The maximum Gasteiger partial charge on any atom is 0.134 e. The first-order valence-corrected chi connectivity index (χ1v) is 7.77. The number of hydrogen-bond donors (Lipinski definition) is 1. The molecule has 21 heavy (non-hydrogen) atoms. The van der Waals surface area contributed by atoms with E-state index in [1.165, 1.54) is 0 Å². The van der Waals surface area contributed by atoms with Gasteiger partial charge in [0.1, 0.15) is 11.3 Å². The van der Waals surface area contributed by atoms with Gasteiger partial charge >= 0.3 is 0 Å². The molecule has 0 radical (unpaired) electrons. The van der Waals surface area contributed by atoms with Gasteiger partial charge in [0.05, 0.1) is 18.8 Å². The zero-order valence-corrected chi connectivity index (χ0v) is 12.8. The van der Waals surface area contributed by atoms with Crippen molar-refractivity contribution in [3.63, 3.8) is 0 Å². The lowest BCUT2D eigenvalue weighted by molar-refractivity contribution is -0.0579. The molecule has 0 amide bonds. The van der Waals surface area contributed by atoms with Gasteiger partial charge in [-0.25, -0.2) is 0 Å². The van der Waals surface area contributed by atoms with Crippen molar-refractivity contribution in [2.45, 2.75) is 38.5 Å². The van der Waals surface area contributed by atoms with Crippen LogP contribution in [-0.2, 0) is 4.74 Å². The maximum absolute atomic E-state index is 6.38. The number of ether oxygens (including phenoxy) is 1. The Bertz CT molecular complexity index is 562. The van der Waals surface area contributed by atoms with E-state index in [2.05, 4.69) is 30.9 Å². The van der Waals surface area contributed by atoms with Crippen LogP contribution in [-0.4, -0.2) is 36.7 Å². The van der Waals surface area contributed by atoms with Gasteiger partial charge in [0.15, 0.2) is 0 Å². The Morgan fingerprint density at radius 2 is 2.19 bits per heavy atom. The van der Waals surface area contributed by atoms with E-state index in [1.807, 2.05) is 18.2 Å². The highest BCUT2D eigenvalue weighted by molar-refractivity contribution is 5.77. The van der Waals surface area contributed by atoms with E-state index < -0.39 is 0 Å². The Hall–Kier alpha value is -1.36. The van der Waals surface area contributed by atoms with Crippen molar-refractivity contribution in [2.75, 3.05) is 19.7 Å². The summed E-state index contributed by atoms with van der Waals surface area (Å²) in [4.78, 5) is 2.44. The Balaban J connectivity index is 1.73. The second kappa shape index (κ2) is 6.18. The number of nitrogens with zero attached hydrogens (tertiary/aromatic N) is 1. The van der Waals surface area contributed by atoms with Crippen LogP contribution >= 0.6 is 0 Å². The number of morpholine rings is 1. The van der Waals surface area contributed by atoms with Crippen LogP contribution in [0.25, 0.3) is 11.0 Å². The highest BCUT2D eigenvalue weighted by Crippen LogP contribution is 2.24. The van der Waals surface area contributed by atoms with Crippen molar-refractivity contribution in [2.24, 2.45) is 5.73 Å². The van der Waals surface area contributed by atoms with Gasteiger partial charge in [0, 0.05) is 24.5 Å². The first-order valence-electron chi connectivity index (χ1n) is 7.77. The van der Waals surface area contributed by atoms with Crippen LogP contribution in [0.4, 0.5) is 0 Å². The normalized spacial score (nSPS) is 25.3. The number of para-hydroxylation sites is 1. The average molecular weight is 288 g/mol. The SMILES string of the molecule is CCC1COC(C)CN1CC(N)c1cc2ccccc2o1. The van der Waals surface area contributed by atoms with E-state index in [0.717, 1.165) is 42.8 Å². The van der Waals surface area contributed by atoms with E-state index in [0.29, 0.717) is 6.04 Å². The summed E-state index contributed by atoms with van der Waals surface area (Å²) >= 11 is 0. The smallest absolute Gasteiger partial charge is 0.134 e. The van der Waals surface area contributed by atoms with E-state index in [9.17, 15) is 0 Å². The summed E-state index contributed by atoms with van der Waals surface area (Å²) in [6, 6.07) is 10.5. The summed E-state index contributed by atoms with van der Waals surface area (Å²) in [6.07, 6.45) is 1.36. The topological polar surface area (TPSA) is 51.6 Å². The molecule has 1 aliphatic rings. The van der Waals surface area contributed by atoms with Gasteiger partial charge in [-0.2, -0.15) is 0 Å². The quantitative estimate of drug-likeness (QED) is 0.940. The molecule has 0 aliphatic carbocycles. The molecule has 0 saturated carbocycles. The van der Waals surface area contributed by atoms with Gasteiger partial charge in [-0.3, -0.25) is 4.90 Å². The molecule has 2 aromatic rings. The molecule has 1 aromatic carbocycles. The fourth-order valence-electron chi connectivity index (χ4n) is 3.04. The molecule has 4 nitrogen and oxygen atoms in total. The van der Waals surface area contributed by atoms with Crippen LogP contribution in [0.5, 0.6) is 0 Å². The summed E-state index contributed by atoms with van der Waals surface area (Å²) < 4.78 is 11.6. The fraction of sp³-hybridized carbons (Fsp3) is 0.529. The van der Waals surface area contributed by atoms with Gasteiger partial charge in [-0.1, -0.05) is 25.1 Å². The first-order chi connectivity index (χ1) is 10.2. The highest BCUT2D eigenvalue weighted by atomic mass is 16.5. The zero-order valence-electron chi connectivity index (χ0n) is 12.8. The van der Waals surface area contributed by atoms with E-state index in [1.54, 1.807) is 0 Å². The van der Waals surface area contributed by atoms with E-state index in [4.69, 9.17) is 14.9 Å². The molecule has 2 heterocycles. The number of rotatable bonds is 4. The molecular weight excluding hydrogens is 264 g/mol. The standard InChI is InChI=1S/C17H24N2O2/c1-3-14-11-20-12(2)9-19(14)10-15(18)17-8-13-6-4-5-7-16(13)21-17/h4-8,12,14-15H,3,9-11,18H2,1-2H3. The molecule has 1 fully saturated rings. The Kier molecular flexibility index (Phi) is 4.29. The Labute approximate surface area is 125 Å². The largest absolute Gasteiger partial charge is 0.459 e. The van der Waals surface area contributed by atoms with Crippen LogP contribution in [0.15, 0.2) is 34.7 Å². The Morgan fingerprint density at radius 3 is 2.95 bits per heavy atom. The molecule has 114 valence electrons. The van der Waals surface area contributed by atoms with Gasteiger partial charge < -0.3 is 14.9 Å². The van der Waals surface area contributed by atoms with Gasteiger partial charge in [0.25, 0.3) is 0 Å². The third kappa shape index (κ3) is 3.12. The number of nitrogens with two attached hydrogens (primary N) is 1. The predicted molar refractivity (Wildman–Crippen MR) is 84.2 cm³/mol. The minimum Gasteiger partial charge on any atom is -0.459 e. The minimum absolute atomic E-state index is 0.100. The first kappa shape index (κ1) is 14.6. The lowest BCUT2D eigenvalue weighted by Gasteiger charge is -2.39. The summed E-state index contributed by atoms with van der Waals surface area (Å²) in [7, 11) is 0. The number of benzene rings is 1. The summed E-state index contributed by atoms with van der Waals surface area (Å²) in [6.45, 7) is 6.86. The molecule has 0 bridgehead atoms. The summed E-state index contributed by atoms with van der Waals surface area (Å²) in [5.74, 6) is 0.866. The molecule has 1 aliphatic heterocycles. The van der Waals surface area contributed by atoms with Crippen LogP contribution < -0.4 is 5.73 Å². The van der Waals surface area contributed by atoms with Crippen molar-refractivity contribution < 1.29 is 9.15 Å². The van der Waals surface area contributed by atoms with Crippen molar-refractivity contribution in [3.05, 3.63) is 36.1 Å². The number of fused-ring (bicyclic) bond motifs is 1. The van der Waals surface area contributed by atoms with Gasteiger partial charge in [0.2, 0.25) is 0 Å². The van der Waals surface area contributed by atoms with Crippen LogP contribution in [0, 0.1) is 0 Å². The molecule has 1 saturated heterocycles. The molecule has 3 rings (SSSR count). The maximum atomic E-state index is 6.38. The van der Waals surface area contributed by atoms with Crippen molar-refractivity contribution in [3.8, 4) is 0 Å². The second-order valence-electron chi connectivity index (χ2n) is 5.95.